The third-order valence-electron chi connectivity index (χ3n) is 3.34. The second-order valence-electron chi connectivity index (χ2n) is 5.40. The largest absolute Gasteiger partial charge is 0.307 e. The van der Waals surface area contributed by atoms with E-state index in [1.165, 1.54) is 0 Å². The minimum absolute atomic E-state index is 0.119. The Balaban J connectivity index is 2.07. The molecule has 102 valence electrons. The van der Waals surface area contributed by atoms with Gasteiger partial charge in [-0.2, -0.15) is 0 Å². The molecule has 0 fully saturated rings. The lowest BCUT2D eigenvalue weighted by Crippen LogP contribution is -2.30. The molecular weight excluding hydrogens is 266 g/mol. The first-order chi connectivity index (χ1) is 9.66. The summed E-state index contributed by atoms with van der Waals surface area (Å²) in [5.41, 5.74) is 2.89. The number of benzene rings is 1. The number of thiophene rings is 1. The van der Waals surface area contributed by atoms with Gasteiger partial charge in [0.05, 0.1) is 11.3 Å². The van der Waals surface area contributed by atoms with Crippen LogP contribution < -0.4 is 4.90 Å². The van der Waals surface area contributed by atoms with Gasteiger partial charge in [-0.15, -0.1) is 11.3 Å². The topological polar surface area (TPSA) is 20.3 Å². The highest BCUT2D eigenvalue weighted by atomic mass is 32.1. The van der Waals surface area contributed by atoms with Gasteiger partial charge in [0.25, 0.3) is 5.91 Å². The van der Waals surface area contributed by atoms with E-state index in [9.17, 15) is 4.79 Å². The summed E-state index contributed by atoms with van der Waals surface area (Å²) in [7, 11) is 0. The number of amides is 1. The Labute approximate surface area is 123 Å². The van der Waals surface area contributed by atoms with E-state index in [1.807, 2.05) is 52.8 Å². The van der Waals surface area contributed by atoms with Crippen molar-refractivity contribution in [2.45, 2.75) is 13.8 Å². The predicted octanol–water partition coefficient (Wildman–Crippen LogP) is 4.29. The molecule has 0 radical (unpaired) electrons. The van der Waals surface area contributed by atoms with Crippen LogP contribution in [0.5, 0.6) is 0 Å². The second-order valence-corrected chi connectivity index (χ2v) is 6.38. The number of rotatable bonds is 3. The van der Waals surface area contributed by atoms with Crippen LogP contribution in [0.4, 0.5) is 5.69 Å². The number of carbonyl (C=O) groups is 1. The van der Waals surface area contributed by atoms with Crippen LogP contribution in [-0.4, -0.2) is 12.5 Å². The SMILES string of the molecule is CC(C)CN1C(=O)/C(=C\c2cccs2)c2ccccc21. The molecule has 0 saturated carbocycles. The quantitative estimate of drug-likeness (QED) is 0.769. The standard InChI is InChI=1S/C17H17NOS/c1-12(2)11-18-16-8-4-3-7-14(16)15(17(18)19)10-13-6-5-9-20-13/h3-10,12H,11H2,1-2H3/b15-10-. The van der Waals surface area contributed by atoms with Crippen molar-refractivity contribution in [2.75, 3.05) is 11.4 Å². The summed E-state index contributed by atoms with van der Waals surface area (Å²) in [5.74, 6) is 0.571. The van der Waals surface area contributed by atoms with E-state index >= 15 is 0 Å². The van der Waals surface area contributed by atoms with Gasteiger partial charge < -0.3 is 4.90 Å². The lowest BCUT2D eigenvalue weighted by molar-refractivity contribution is -0.113. The number of hydrogen-bond donors (Lipinski definition) is 0. The molecule has 3 rings (SSSR count). The summed E-state index contributed by atoms with van der Waals surface area (Å²) in [6.07, 6.45) is 2.01. The summed E-state index contributed by atoms with van der Waals surface area (Å²) in [6, 6.07) is 12.1. The zero-order chi connectivity index (χ0) is 14.1. The van der Waals surface area contributed by atoms with E-state index in [0.29, 0.717) is 5.92 Å². The molecule has 20 heavy (non-hydrogen) atoms. The van der Waals surface area contributed by atoms with Crippen LogP contribution in [-0.2, 0) is 4.79 Å². The first-order valence-electron chi connectivity index (χ1n) is 6.83. The van der Waals surface area contributed by atoms with Gasteiger partial charge in [-0.1, -0.05) is 38.1 Å². The van der Waals surface area contributed by atoms with E-state index < -0.39 is 0 Å². The Morgan fingerprint density at radius 2 is 2.00 bits per heavy atom. The third-order valence-corrected chi connectivity index (χ3v) is 4.16. The van der Waals surface area contributed by atoms with Crippen molar-refractivity contribution in [2.24, 2.45) is 5.92 Å². The lowest BCUT2D eigenvalue weighted by atomic mass is 10.1. The lowest BCUT2D eigenvalue weighted by Gasteiger charge is -2.19. The molecule has 0 saturated heterocycles. The number of fused-ring (bicyclic) bond motifs is 1. The first kappa shape index (κ1) is 13.1. The average Bonchev–Trinajstić information content (AvgIpc) is 3.02. The molecule has 0 bridgehead atoms. The minimum atomic E-state index is 0.119. The molecule has 1 aromatic carbocycles. The fraction of sp³-hybridized carbons (Fsp3) is 0.235. The number of hydrogen-bond acceptors (Lipinski definition) is 2. The zero-order valence-corrected chi connectivity index (χ0v) is 12.5. The molecule has 1 amide bonds. The van der Waals surface area contributed by atoms with Gasteiger partial charge >= 0.3 is 0 Å². The Morgan fingerprint density at radius 1 is 1.20 bits per heavy atom. The van der Waals surface area contributed by atoms with Gasteiger partial charge in [0.1, 0.15) is 0 Å². The summed E-state index contributed by atoms with van der Waals surface area (Å²) in [6.45, 7) is 5.03. The van der Waals surface area contributed by atoms with Crippen LogP contribution in [0.2, 0.25) is 0 Å². The molecule has 0 N–H and O–H groups in total. The molecule has 0 unspecified atom stereocenters. The van der Waals surface area contributed by atoms with Gasteiger partial charge in [0.15, 0.2) is 0 Å². The maximum Gasteiger partial charge on any atom is 0.259 e. The molecule has 2 aromatic rings. The highest BCUT2D eigenvalue weighted by Gasteiger charge is 2.32. The summed E-state index contributed by atoms with van der Waals surface area (Å²) >= 11 is 1.65. The Kier molecular flexibility index (Phi) is 3.45. The molecule has 2 nitrogen and oxygen atoms in total. The molecular formula is C17H17NOS. The molecule has 2 heterocycles. The smallest absolute Gasteiger partial charge is 0.259 e. The predicted molar refractivity (Wildman–Crippen MR) is 85.8 cm³/mol. The third kappa shape index (κ3) is 2.29. The highest BCUT2D eigenvalue weighted by Crippen LogP contribution is 2.38. The van der Waals surface area contributed by atoms with Crippen molar-refractivity contribution in [3.8, 4) is 0 Å². The van der Waals surface area contributed by atoms with E-state index in [4.69, 9.17) is 0 Å². The molecule has 1 aromatic heterocycles. The number of carbonyl (C=O) groups excluding carboxylic acids is 1. The van der Waals surface area contributed by atoms with Crippen LogP contribution >= 0.6 is 11.3 Å². The second kappa shape index (κ2) is 5.25. The van der Waals surface area contributed by atoms with E-state index in [1.54, 1.807) is 11.3 Å². The zero-order valence-electron chi connectivity index (χ0n) is 11.7. The van der Waals surface area contributed by atoms with Crippen LogP contribution in [0.3, 0.4) is 0 Å². The van der Waals surface area contributed by atoms with Crippen molar-refractivity contribution >= 4 is 34.6 Å². The number of para-hydroxylation sites is 1. The Bertz CT molecular complexity index is 655. The van der Waals surface area contributed by atoms with Crippen molar-refractivity contribution in [3.63, 3.8) is 0 Å². The van der Waals surface area contributed by atoms with Crippen LogP contribution in [0, 0.1) is 5.92 Å². The highest BCUT2D eigenvalue weighted by molar-refractivity contribution is 7.11. The van der Waals surface area contributed by atoms with Crippen molar-refractivity contribution in [1.29, 1.82) is 0 Å². The maximum atomic E-state index is 12.7. The molecule has 0 aliphatic carbocycles. The fourth-order valence-corrected chi connectivity index (χ4v) is 3.17. The summed E-state index contributed by atoms with van der Waals surface area (Å²) in [5, 5.41) is 2.03. The summed E-state index contributed by atoms with van der Waals surface area (Å²) < 4.78 is 0. The average molecular weight is 283 g/mol. The van der Waals surface area contributed by atoms with Crippen molar-refractivity contribution in [1.82, 2.24) is 0 Å². The van der Waals surface area contributed by atoms with Crippen molar-refractivity contribution in [3.05, 3.63) is 52.2 Å². The summed E-state index contributed by atoms with van der Waals surface area (Å²) in [4.78, 5) is 15.7. The number of nitrogens with zero attached hydrogens (tertiary/aromatic N) is 1. The van der Waals surface area contributed by atoms with E-state index in [-0.39, 0.29) is 5.91 Å². The van der Waals surface area contributed by atoms with Crippen molar-refractivity contribution < 1.29 is 4.79 Å². The molecule has 1 aliphatic heterocycles. The van der Waals surface area contributed by atoms with E-state index in [0.717, 1.165) is 28.2 Å². The van der Waals surface area contributed by atoms with E-state index in [2.05, 4.69) is 13.8 Å². The monoisotopic (exact) mass is 283 g/mol. The normalized spacial score (nSPS) is 16.2. The Hall–Kier alpha value is -1.87. The minimum Gasteiger partial charge on any atom is -0.307 e. The fourth-order valence-electron chi connectivity index (χ4n) is 2.51. The Morgan fingerprint density at radius 3 is 2.70 bits per heavy atom. The van der Waals surface area contributed by atoms with Crippen LogP contribution in [0.25, 0.3) is 11.6 Å². The van der Waals surface area contributed by atoms with Gasteiger partial charge in [0, 0.05) is 17.0 Å². The molecule has 3 heteroatoms. The molecule has 0 spiro atoms. The number of anilines is 1. The van der Waals surface area contributed by atoms with Crippen LogP contribution in [0.15, 0.2) is 41.8 Å². The molecule has 1 aliphatic rings. The van der Waals surface area contributed by atoms with Gasteiger partial charge in [0.2, 0.25) is 0 Å². The van der Waals surface area contributed by atoms with Crippen LogP contribution in [0.1, 0.15) is 24.3 Å². The van der Waals surface area contributed by atoms with Gasteiger partial charge in [-0.25, -0.2) is 0 Å². The maximum absolute atomic E-state index is 12.7. The van der Waals surface area contributed by atoms with Gasteiger partial charge in [-0.05, 0) is 29.5 Å². The van der Waals surface area contributed by atoms with Gasteiger partial charge in [-0.3, -0.25) is 4.79 Å². The first-order valence-corrected chi connectivity index (χ1v) is 7.71. The molecule has 0 atom stereocenters.